The van der Waals surface area contributed by atoms with E-state index in [1.165, 1.54) is 81.0 Å². The van der Waals surface area contributed by atoms with Gasteiger partial charge in [-0.3, -0.25) is 0 Å². The summed E-state index contributed by atoms with van der Waals surface area (Å²) in [6.07, 6.45) is 0. The minimum Gasteiger partial charge on any atom is -0.309 e. The molecule has 0 aliphatic heterocycles. The normalized spacial score (nSPS) is 11.8. The number of rotatable bonds is 3. The van der Waals surface area contributed by atoms with Gasteiger partial charge in [0.15, 0.2) is 0 Å². The van der Waals surface area contributed by atoms with E-state index < -0.39 is 0 Å². The minimum atomic E-state index is 1.19. The molecule has 0 aliphatic carbocycles. The van der Waals surface area contributed by atoms with Crippen LogP contribution in [0.5, 0.6) is 0 Å². The quantitative estimate of drug-likeness (QED) is 0.214. The number of thiophene rings is 1. The predicted octanol–water partition coefficient (Wildman–Crippen LogP) is 11.1. The highest BCUT2D eigenvalue weighted by atomic mass is 32.1. The fraction of sp³-hybridized carbons (Fsp3) is 0.0526. The summed E-state index contributed by atoms with van der Waals surface area (Å²) in [5.41, 5.74) is 11.4. The van der Waals surface area contributed by atoms with Gasteiger partial charge >= 0.3 is 0 Å². The highest BCUT2D eigenvalue weighted by molar-refractivity contribution is 7.25. The Morgan fingerprint density at radius 3 is 1.98 bits per heavy atom. The number of para-hydroxylation sites is 2. The van der Waals surface area contributed by atoms with Gasteiger partial charge in [-0.15, -0.1) is 11.3 Å². The van der Waals surface area contributed by atoms with Crippen molar-refractivity contribution in [3.63, 3.8) is 0 Å². The topological polar surface area (TPSA) is 4.93 Å². The molecular formula is C38H27NS. The van der Waals surface area contributed by atoms with Gasteiger partial charge in [0.1, 0.15) is 0 Å². The molecule has 190 valence electrons. The van der Waals surface area contributed by atoms with Gasteiger partial charge in [0.05, 0.1) is 11.0 Å². The maximum Gasteiger partial charge on any atom is 0.0541 e. The summed E-state index contributed by atoms with van der Waals surface area (Å²) < 4.78 is 5.08. The molecule has 0 radical (unpaired) electrons. The molecule has 8 aromatic rings. The van der Waals surface area contributed by atoms with Crippen LogP contribution in [0.2, 0.25) is 0 Å². The Morgan fingerprint density at radius 1 is 0.450 bits per heavy atom. The second kappa shape index (κ2) is 8.94. The van der Waals surface area contributed by atoms with Crippen LogP contribution in [0, 0.1) is 13.8 Å². The molecule has 0 N–H and O–H groups in total. The summed E-state index contributed by atoms with van der Waals surface area (Å²) in [6.45, 7) is 4.48. The third-order valence-electron chi connectivity index (χ3n) is 8.26. The molecule has 40 heavy (non-hydrogen) atoms. The molecule has 2 heterocycles. The molecule has 0 amide bonds. The molecule has 0 fully saturated rings. The maximum absolute atomic E-state index is 2.40. The Hall–Kier alpha value is -4.66. The monoisotopic (exact) mass is 529 g/mol. The number of hydrogen-bond acceptors (Lipinski definition) is 1. The van der Waals surface area contributed by atoms with Crippen LogP contribution < -0.4 is 0 Å². The minimum absolute atomic E-state index is 1.19. The molecular weight excluding hydrogens is 502 g/mol. The fourth-order valence-corrected chi connectivity index (χ4v) is 7.50. The van der Waals surface area contributed by atoms with Crippen molar-refractivity contribution < 1.29 is 0 Å². The van der Waals surface area contributed by atoms with E-state index in [-0.39, 0.29) is 0 Å². The fourth-order valence-electron chi connectivity index (χ4n) is 6.32. The van der Waals surface area contributed by atoms with Crippen LogP contribution in [-0.2, 0) is 0 Å². The Balaban J connectivity index is 1.26. The van der Waals surface area contributed by atoms with E-state index in [2.05, 4.69) is 146 Å². The van der Waals surface area contributed by atoms with Crippen LogP contribution in [0.3, 0.4) is 0 Å². The molecule has 0 aliphatic rings. The number of benzene rings is 6. The van der Waals surface area contributed by atoms with Gasteiger partial charge in [-0.05, 0) is 95.8 Å². The van der Waals surface area contributed by atoms with Crippen molar-refractivity contribution in [3.05, 3.63) is 139 Å². The average molecular weight is 530 g/mol. The molecule has 0 saturated heterocycles. The highest BCUT2D eigenvalue weighted by Gasteiger charge is 2.15. The van der Waals surface area contributed by atoms with Crippen LogP contribution >= 0.6 is 11.3 Å². The van der Waals surface area contributed by atoms with Gasteiger partial charge in [0.25, 0.3) is 0 Å². The lowest BCUT2D eigenvalue weighted by molar-refractivity contribution is 1.18. The molecule has 2 aromatic heterocycles. The van der Waals surface area contributed by atoms with Crippen molar-refractivity contribution in [2.24, 2.45) is 0 Å². The zero-order valence-corrected chi connectivity index (χ0v) is 23.3. The number of hydrogen-bond donors (Lipinski definition) is 0. The number of nitrogens with zero attached hydrogens (tertiary/aromatic N) is 1. The van der Waals surface area contributed by atoms with E-state index in [4.69, 9.17) is 0 Å². The molecule has 8 rings (SSSR count). The third kappa shape index (κ3) is 3.53. The number of fused-ring (bicyclic) bond motifs is 6. The first-order chi connectivity index (χ1) is 19.7. The second-order valence-corrected chi connectivity index (χ2v) is 11.8. The summed E-state index contributed by atoms with van der Waals surface area (Å²) in [6, 6.07) is 46.7. The lowest BCUT2D eigenvalue weighted by Crippen LogP contribution is -1.93. The zero-order valence-electron chi connectivity index (χ0n) is 22.5. The first kappa shape index (κ1) is 23.2. The van der Waals surface area contributed by atoms with Gasteiger partial charge in [-0.1, -0.05) is 78.9 Å². The van der Waals surface area contributed by atoms with E-state index >= 15 is 0 Å². The van der Waals surface area contributed by atoms with E-state index in [1.54, 1.807) is 0 Å². The molecule has 1 nitrogen and oxygen atoms in total. The van der Waals surface area contributed by atoms with E-state index in [0.29, 0.717) is 0 Å². The summed E-state index contributed by atoms with van der Waals surface area (Å²) in [5.74, 6) is 0. The summed E-state index contributed by atoms with van der Waals surface area (Å²) >= 11 is 1.88. The molecule has 0 atom stereocenters. The van der Waals surface area contributed by atoms with Crippen molar-refractivity contribution in [2.75, 3.05) is 0 Å². The Labute approximate surface area is 237 Å². The highest BCUT2D eigenvalue weighted by Crippen LogP contribution is 2.40. The van der Waals surface area contributed by atoms with Gasteiger partial charge < -0.3 is 4.57 Å². The third-order valence-corrected chi connectivity index (χ3v) is 9.39. The maximum atomic E-state index is 2.40. The van der Waals surface area contributed by atoms with Crippen LogP contribution in [0.1, 0.15) is 11.1 Å². The largest absolute Gasteiger partial charge is 0.309 e. The van der Waals surface area contributed by atoms with E-state index in [1.807, 2.05) is 11.3 Å². The molecule has 0 unspecified atom stereocenters. The Morgan fingerprint density at radius 2 is 1.12 bits per heavy atom. The van der Waals surface area contributed by atoms with Gasteiger partial charge in [0, 0.05) is 36.6 Å². The summed E-state index contributed by atoms with van der Waals surface area (Å²) in [7, 11) is 0. The summed E-state index contributed by atoms with van der Waals surface area (Å²) in [5, 5.41) is 5.26. The zero-order chi connectivity index (χ0) is 26.8. The second-order valence-electron chi connectivity index (χ2n) is 10.7. The van der Waals surface area contributed by atoms with Gasteiger partial charge in [-0.2, -0.15) is 0 Å². The lowest BCUT2D eigenvalue weighted by Gasteiger charge is -2.13. The van der Waals surface area contributed by atoms with Crippen molar-refractivity contribution in [2.45, 2.75) is 13.8 Å². The first-order valence-corrected chi connectivity index (χ1v) is 14.6. The van der Waals surface area contributed by atoms with Crippen LogP contribution in [0.15, 0.2) is 127 Å². The number of aryl methyl sites for hydroxylation is 2. The molecule has 0 saturated carbocycles. The smallest absolute Gasteiger partial charge is 0.0541 e. The first-order valence-electron chi connectivity index (χ1n) is 13.8. The van der Waals surface area contributed by atoms with Crippen molar-refractivity contribution in [1.29, 1.82) is 0 Å². The standard InChI is InChI=1S/C38H27NS/c1-24-20-26(16-18-29(24)32-23-34-31-13-7-9-15-37(31)40-38(34)21-25(32)2)27-17-19-36-33(22-27)30-12-6-8-14-35(30)39(36)28-10-4-3-5-11-28/h3-23H,1-2H3. The van der Waals surface area contributed by atoms with Crippen LogP contribution in [-0.4, -0.2) is 4.57 Å². The molecule has 2 heteroatoms. The van der Waals surface area contributed by atoms with Gasteiger partial charge in [-0.25, -0.2) is 0 Å². The van der Waals surface area contributed by atoms with Crippen LogP contribution in [0.4, 0.5) is 0 Å². The molecule has 0 bridgehead atoms. The Kier molecular flexibility index (Phi) is 5.20. The summed E-state index contributed by atoms with van der Waals surface area (Å²) in [4.78, 5) is 0. The van der Waals surface area contributed by atoms with Crippen molar-refractivity contribution >= 4 is 53.3 Å². The molecule has 0 spiro atoms. The lowest BCUT2D eigenvalue weighted by atomic mass is 9.92. The molecule has 6 aromatic carbocycles. The SMILES string of the molecule is Cc1cc(-c2ccc3c(c2)c2ccccc2n3-c2ccccc2)ccc1-c1cc2c(cc1C)sc1ccccc12. The predicted molar refractivity (Wildman–Crippen MR) is 174 cm³/mol. The average Bonchev–Trinajstić information content (AvgIpc) is 3.52. The number of aromatic nitrogens is 1. The Bertz CT molecular complexity index is 2230. The van der Waals surface area contributed by atoms with E-state index in [9.17, 15) is 0 Å². The van der Waals surface area contributed by atoms with Crippen molar-refractivity contribution in [3.8, 4) is 27.9 Å². The van der Waals surface area contributed by atoms with Crippen molar-refractivity contribution in [1.82, 2.24) is 4.57 Å². The van der Waals surface area contributed by atoms with Gasteiger partial charge in [0.2, 0.25) is 0 Å². The van der Waals surface area contributed by atoms with Crippen LogP contribution in [0.25, 0.3) is 69.9 Å². The van der Waals surface area contributed by atoms with E-state index in [0.717, 1.165) is 0 Å².